The van der Waals surface area contributed by atoms with Crippen LogP contribution in [0.3, 0.4) is 0 Å². The summed E-state index contributed by atoms with van der Waals surface area (Å²) < 4.78 is 7.01. The quantitative estimate of drug-likeness (QED) is 0.456. The minimum atomic E-state index is -0.0730. The van der Waals surface area contributed by atoms with Crippen molar-refractivity contribution in [2.45, 2.75) is 19.4 Å². The van der Waals surface area contributed by atoms with Gasteiger partial charge in [-0.2, -0.15) is 0 Å². The predicted octanol–water partition coefficient (Wildman–Crippen LogP) is 3.63. The molecule has 2 rings (SSSR count). The van der Waals surface area contributed by atoms with E-state index in [0.29, 0.717) is 6.61 Å². The molecule has 0 aliphatic rings. The van der Waals surface area contributed by atoms with Crippen molar-refractivity contribution in [1.29, 1.82) is 0 Å². The van der Waals surface area contributed by atoms with Gasteiger partial charge in [-0.05, 0) is 46.7 Å². The van der Waals surface area contributed by atoms with Gasteiger partial charge in [0, 0.05) is 9.13 Å². The summed E-state index contributed by atoms with van der Waals surface area (Å²) in [5.74, 6) is 6.68. The van der Waals surface area contributed by atoms with Crippen molar-refractivity contribution >= 4 is 22.6 Å². The zero-order valence-electron chi connectivity index (χ0n) is 11.5. The Morgan fingerprint density at radius 3 is 2.40 bits per heavy atom. The second-order valence-corrected chi connectivity index (χ2v) is 5.67. The molecule has 1 unspecified atom stereocenters. The molecule has 0 bridgehead atoms. The van der Waals surface area contributed by atoms with Gasteiger partial charge in [0.25, 0.3) is 0 Å². The number of para-hydroxylation sites is 1. The lowest BCUT2D eigenvalue weighted by Crippen LogP contribution is -2.29. The van der Waals surface area contributed by atoms with E-state index in [1.54, 1.807) is 0 Å². The van der Waals surface area contributed by atoms with Crippen LogP contribution in [-0.2, 0) is 0 Å². The summed E-state index contributed by atoms with van der Waals surface area (Å²) >= 11 is 2.33. The third kappa shape index (κ3) is 3.50. The maximum Gasteiger partial charge on any atom is 0.124 e. The van der Waals surface area contributed by atoms with Crippen LogP contribution in [0.5, 0.6) is 5.75 Å². The van der Waals surface area contributed by atoms with E-state index >= 15 is 0 Å². The number of benzene rings is 2. The van der Waals surface area contributed by atoms with E-state index in [0.717, 1.165) is 23.3 Å². The number of rotatable bonds is 6. The largest absolute Gasteiger partial charge is 0.493 e. The maximum atomic E-state index is 5.83. The first kappa shape index (κ1) is 15.3. The number of hydrazine groups is 1. The van der Waals surface area contributed by atoms with Crippen molar-refractivity contribution in [2.75, 3.05) is 6.61 Å². The molecular formula is C16H19IN2O. The van der Waals surface area contributed by atoms with E-state index in [-0.39, 0.29) is 6.04 Å². The van der Waals surface area contributed by atoms with Crippen molar-refractivity contribution in [3.63, 3.8) is 0 Å². The number of hydrogen-bond donors (Lipinski definition) is 2. The smallest absolute Gasteiger partial charge is 0.124 e. The fraction of sp³-hybridized carbons (Fsp3) is 0.250. The van der Waals surface area contributed by atoms with Crippen LogP contribution < -0.4 is 16.0 Å². The van der Waals surface area contributed by atoms with Gasteiger partial charge < -0.3 is 4.74 Å². The molecular weight excluding hydrogens is 363 g/mol. The monoisotopic (exact) mass is 382 g/mol. The van der Waals surface area contributed by atoms with Crippen LogP contribution in [0.25, 0.3) is 0 Å². The van der Waals surface area contributed by atoms with Gasteiger partial charge in [0.1, 0.15) is 5.75 Å². The zero-order valence-corrected chi connectivity index (χ0v) is 13.6. The van der Waals surface area contributed by atoms with Crippen LogP contribution >= 0.6 is 22.6 Å². The molecule has 0 saturated heterocycles. The Bertz CT molecular complexity index is 560. The second kappa shape index (κ2) is 7.61. The first-order valence-electron chi connectivity index (χ1n) is 6.70. The summed E-state index contributed by atoms with van der Waals surface area (Å²) in [4.78, 5) is 0. The average Bonchev–Trinajstić information content (AvgIpc) is 2.49. The second-order valence-electron chi connectivity index (χ2n) is 4.51. The Morgan fingerprint density at radius 1 is 1.10 bits per heavy atom. The summed E-state index contributed by atoms with van der Waals surface area (Å²) in [6, 6.07) is 16.2. The highest BCUT2D eigenvalue weighted by Gasteiger charge is 2.18. The SMILES string of the molecule is CCCOc1ccccc1C(NN)c1ccccc1I. The van der Waals surface area contributed by atoms with E-state index in [2.05, 4.69) is 53.1 Å². The van der Waals surface area contributed by atoms with Crippen LogP contribution in [0.2, 0.25) is 0 Å². The molecule has 0 radical (unpaired) electrons. The molecule has 3 N–H and O–H groups in total. The summed E-state index contributed by atoms with van der Waals surface area (Å²) in [7, 11) is 0. The topological polar surface area (TPSA) is 47.3 Å². The van der Waals surface area contributed by atoms with Gasteiger partial charge in [0.05, 0.1) is 12.6 Å². The Labute approximate surface area is 133 Å². The van der Waals surface area contributed by atoms with Crippen molar-refractivity contribution in [2.24, 2.45) is 5.84 Å². The lowest BCUT2D eigenvalue weighted by molar-refractivity contribution is 0.311. The van der Waals surface area contributed by atoms with Crippen molar-refractivity contribution in [1.82, 2.24) is 5.43 Å². The van der Waals surface area contributed by atoms with E-state index in [4.69, 9.17) is 10.6 Å². The lowest BCUT2D eigenvalue weighted by Gasteiger charge is -2.21. The Morgan fingerprint density at radius 2 is 1.75 bits per heavy atom. The highest BCUT2D eigenvalue weighted by Crippen LogP contribution is 2.31. The molecule has 0 aliphatic carbocycles. The van der Waals surface area contributed by atoms with Crippen LogP contribution in [0, 0.1) is 3.57 Å². The molecule has 2 aromatic rings. The lowest BCUT2D eigenvalue weighted by atomic mass is 9.98. The van der Waals surface area contributed by atoms with E-state index in [9.17, 15) is 0 Å². The molecule has 1 atom stereocenters. The van der Waals surface area contributed by atoms with Crippen LogP contribution in [0.15, 0.2) is 48.5 Å². The van der Waals surface area contributed by atoms with Crippen molar-refractivity contribution < 1.29 is 4.74 Å². The summed E-state index contributed by atoms with van der Waals surface area (Å²) in [6.07, 6.45) is 0.984. The molecule has 0 heterocycles. The van der Waals surface area contributed by atoms with Crippen molar-refractivity contribution in [3.05, 3.63) is 63.2 Å². The third-order valence-electron chi connectivity index (χ3n) is 3.07. The fourth-order valence-electron chi connectivity index (χ4n) is 2.12. The first-order chi connectivity index (χ1) is 9.77. The van der Waals surface area contributed by atoms with E-state index in [1.165, 1.54) is 3.57 Å². The predicted molar refractivity (Wildman–Crippen MR) is 90.6 cm³/mol. The maximum absolute atomic E-state index is 5.83. The van der Waals surface area contributed by atoms with Gasteiger partial charge >= 0.3 is 0 Å². The van der Waals surface area contributed by atoms with Crippen LogP contribution in [0.4, 0.5) is 0 Å². The Kier molecular flexibility index (Phi) is 5.82. The highest BCUT2D eigenvalue weighted by atomic mass is 127. The highest BCUT2D eigenvalue weighted by molar-refractivity contribution is 14.1. The van der Waals surface area contributed by atoms with Gasteiger partial charge in [0.2, 0.25) is 0 Å². The summed E-state index contributed by atoms with van der Waals surface area (Å²) in [5, 5.41) is 0. The normalized spacial score (nSPS) is 12.2. The summed E-state index contributed by atoms with van der Waals surface area (Å²) in [6.45, 7) is 2.81. The van der Waals surface area contributed by atoms with Gasteiger partial charge in [-0.15, -0.1) is 0 Å². The van der Waals surface area contributed by atoms with E-state index in [1.807, 2.05) is 30.3 Å². The fourth-order valence-corrected chi connectivity index (χ4v) is 2.82. The molecule has 0 fully saturated rings. The average molecular weight is 382 g/mol. The van der Waals surface area contributed by atoms with Crippen molar-refractivity contribution in [3.8, 4) is 5.75 Å². The molecule has 0 aliphatic heterocycles. The molecule has 0 amide bonds. The third-order valence-corrected chi connectivity index (χ3v) is 4.06. The number of nitrogens with one attached hydrogen (secondary N) is 1. The Hall–Kier alpha value is -1.11. The number of nitrogens with two attached hydrogens (primary N) is 1. The van der Waals surface area contributed by atoms with Gasteiger partial charge in [-0.1, -0.05) is 43.3 Å². The van der Waals surface area contributed by atoms with Gasteiger partial charge in [-0.3, -0.25) is 5.84 Å². The van der Waals surface area contributed by atoms with Gasteiger partial charge in [-0.25, -0.2) is 5.43 Å². The molecule has 2 aromatic carbocycles. The van der Waals surface area contributed by atoms with Crippen LogP contribution in [-0.4, -0.2) is 6.61 Å². The zero-order chi connectivity index (χ0) is 14.4. The van der Waals surface area contributed by atoms with E-state index < -0.39 is 0 Å². The van der Waals surface area contributed by atoms with Gasteiger partial charge in [0.15, 0.2) is 0 Å². The minimum Gasteiger partial charge on any atom is -0.493 e. The standard InChI is InChI=1S/C16H19IN2O/c1-2-11-20-15-10-6-4-8-13(15)16(19-18)12-7-3-5-9-14(12)17/h3-10,16,19H,2,11,18H2,1H3. The molecule has 4 heteroatoms. The molecule has 20 heavy (non-hydrogen) atoms. The summed E-state index contributed by atoms with van der Waals surface area (Å²) in [5.41, 5.74) is 5.13. The number of ether oxygens (including phenoxy) is 1. The molecule has 0 saturated carbocycles. The molecule has 3 nitrogen and oxygen atoms in total. The Balaban J connectivity index is 2.39. The minimum absolute atomic E-state index is 0.0730. The molecule has 0 spiro atoms. The number of halogens is 1. The first-order valence-corrected chi connectivity index (χ1v) is 7.78. The number of hydrogen-bond acceptors (Lipinski definition) is 3. The molecule has 106 valence electrons. The molecule has 0 aromatic heterocycles. The van der Waals surface area contributed by atoms with Crippen LogP contribution in [0.1, 0.15) is 30.5 Å².